The van der Waals surface area contributed by atoms with E-state index in [2.05, 4.69) is 0 Å². The Kier molecular flexibility index (Phi) is 8.63. The number of benzene rings is 2. The molecular weight excluding hydrogens is 515 g/mol. The Hall–Kier alpha value is -3.40. The smallest absolute Gasteiger partial charge is 0.419 e. The van der Waals surface area contributed by atoms with Crippen LogP contribution in [0.5, 0.6) is 11.5 Å². The monoisotopic (exact) mass is 541 g/mol. The molecule has 0 saturated heterocycles. The summed E-state index contributed by atoms with van der Waals surface area (Å²) in [5.74, 6) is -1.62. The number of alkyl halides is 3. The van der Waals surface area contributed by atoms with E-state index in [0.29, 0.717) is 29.3 Å². The van der Waals surface area contributed by atoms with Gasteiger partial charge < -0.3 is 24.3 Å². The molecule has 0 radical (unpaired) electrons. The van der Waals surface area contributed by atoms with E-state index in [1.54, 1.807) is 32.0 Å². The molecule has 2 heterocycles. The Morgan fingerprint density at radius 1 is 1.16 bits per heavy atom. The minimum Gasteiger partial charge on any atom is -0.490 e. The number of hydrogen-bond donors (Lipinski definition) is 2. The standard InChI is InChI=1S/C24H23ClF3NO4.C2H4O2/c1-13(2)33-20-6-3-14(9-18(20)24(26,27)28)12-32-16-4-5-19-17(11-16)22(25)23-15(10-21(30)31)7-8-29(19)23;1-2(3)4/h3-6,9,11,13,15H,7-8,10,12H2,1-2H3,(H,30,31);1H3,(H,3,4)/t15-;/m1./s1. The third-order valence-corrected chi connectivity index (χ3v) is 6.03. The number of fused-ring (bicyclic) bond motifs is 3. The van der Waals surface area contributed by atoms with Crippen molar-refractivity contribution in [2.75, 3.05) is 0 Å². The highest BCUT2D eigenvalue weighted by Crippen LogP contribution is 2.44. The first-order valence-corrected chi connectivity index (χ1v) is 11.9. The van der Waals surface area contributed by atoms with E-state index in [1.165, 1.54) is 6.07 Å². The molecule has 0 unspecified atom stereocenters. The van der Waals surface area contributed by atoms with Crippen LogP contribution < -0.4 is 9.47 Å². The number of hydrogen-bond acceptors (Lipinski definition) is 4. The third-order valence-electron chi connectivity index (χ3n) is 5.64. The summed E-state index contributed by atoms with van der Waals surface area (Å²) in [7, 11) is 0. The maximum Gasteiger partial charge on any atom is 0.419 e. The maximum absolute atomic E-state index is 13.5. The van der Waals surface area contributed by atoms with Gasteiger partial charge in [-0.05, 0) is 56.2 Å². The molecule has 0 aliphatic carbocycles. The number of carboxylic acid groups (broad SMARTS) is 2. The van der Waals surface area contributed by atoms with Crippen molar-refractivity contribution in [1.29, 1.82) is 0 Å². The van der Waals surface area contributed by atoms with Crippen LogP contribution in [0.3, 0.4) is 0 Å². The molecular formula is C26H27ClF3NO6. The highest BCUT2D eigenvalue weighted by molar-refractivity contribution is 6.36. The van der Waals surface area contributed by atoms with Gasteiger partial charge in [-0.2, -0.15) is 13.2 Å². The number of nitrogens with zero attached hydrogens (tertiary/aromatic N) is 1. The summed E-state index contributed by atoms with van der Waals surface area (Å²) >= 11 is 6.59. The molecule has 0 saturated carbocycles. The topological polar surface area (TPSA) is 98.0 Å². The van der Waals surface area contributed by atoms with Gasteiger partial charge in [0.15, 0.2) is 0 Å². The predicted molar refractivity (Wildman–Crippen MR) is 131 cm³/mol. The van der Waals surface area contributed by atoms with Crippen LogP contribution in [-0.4, -0.2) is 32.8 Å². The van der Waals surface area contributed by atoms with Crippen LogP contribution in [0.25, 0.3) is 10.9 Å². The SMILES string of the molecule is CC(=O)O.CC(C)Oc1ccc(COc2ccc3c(c2)c(Cl)c2n3CC[C@@H]2CC(=O)O)cc1C(F)(F)F. The lowest BCUT2D eigenvalue weighted by Gasteiger charge is -2.17. The van der Waals surface area contributed by atoms with E-state index in [1.807, 2.05) is 10.6 Å². The second kappa shape index (κ2) is 11.3. The van der Waals surface area contributed by atoms with Gasteiger partial charge in [-0.15, -0.1) is 0 Å². The summed E-state index contributed by atoms with van der Waals surface area (Å²) in [5.41, 5.74) is 1.20. The van der Waals surface area contributed by atoms with E-state index >= 15 is 0 Å². The second-order valence-corrected chi connectivity index (χ2v) is 9.29. The lowest BCUT2D eigenvalue weighted by molar-refractivity contribution is -0.139. The average Bonchev–Trinajstić information content (AvgIpc) is 3.30. The highest BCUT2D eigenvalue weighted by Gasteiger charge is 2.35. The number of ether oxygens (including phenoxy) is 2. The zero-order chi connectivity index (χ0) is 27.5. The number of carbonyl (C=O) groups is 2. The van der Waals surface area contributed by atoms with E-state index in [9.17, 15) is 18.0 Å². The first kappa shape index (κ1) is 28.2. The molecule has 1 aliphatic rings. The molecule has 2 N–H and O–H groups in total. The number of carboxylic acids is 2. The molecule has 3 aromatic rings. The molecule has 1 aliphatic heterocycles. The highest BCUT2D eigenvalue weighted by atomic mass is 35.5. The molecule has 0 fully saturated rings. The molecule has 37 heavy (non-hydrogen) atoms. The van der Waals surface area contributed by atoms with Crippen molar-refractivity contribution in [1.82, 2.24) is 4.57 Å². The molecule has 4 rings (SSSR count). The zero-order valence-electron chi connectivity index (χ0n) is 20.4. The molecule has 1 atom stereocenters. The minimum absolute atomic E-state index is 0.0114. The van der Waals surface area contributed by atoms with Crippen LogP contribution in [-0.2, 0) is 28.9 Å². The van der Waals surface area contributed by atoms with E-state index in [0.717, 1.165) is 29.6 Å². The minimum atomic E-state index is -4.55. The Morgan fingerprint density at radius 3 is 2.43 bits per heavy atom. The molecule has 0 bridgehead atoms. The molecule has 0 spiro atoms. The van der Waals surface area contributed by atoms with Gasteiger partial charge in [-0.3, -0.25) is 9.59 Å². The maximum atomic E-state index is 13.5. The summed E-state index contributed by atoms with van der Waals surface area (Å²) < 4.78 is 53.5. The van der Waals surface area contributed by atoms with Crippen molar-refractivity contribution in [3.8, 4) is 11.5 Å². The van der Waals surface area contributed by atoms with Crippen LogP contribution in [0.4, 0.5) is 13.2 Å². The Morgan fingerprint density at radius 2 is 1.84 bits per heavy atom. The van der Waals surface area contributed by atoms with Crippen molar-refractivity contribution >= 4 is 34.4 Å². The summed E-state index contributed by atoms with van der Waals surface area (Å²) in [6, 6.07) is 9.19. The van der Waals surface area contributed by atoms with Crippen molar-refractivity contribution in [2.45, 2.75) is 65.0 Å². The van der Waals surface area contributed by atoms with Gasteiger partial charge in [0.05, 0.1) is 28.6 Å². The first-order chi connectivity index (χ1) is 17.3. The molecule has 1 aromatic heterocycles. The molecule has 200 valence electrons. The van der Waals surface area contributed by atoms with Gasteiger partial charge >= 0.3 is 12.1 Å². The van der Waals surface area contributed by atoms with E-state index < -0.39 is 23.7 Å². The summed E-state index contributed by atoms with van der Waals surface area (Å²) in [6.07, 6.45) is -4.21. The van der Waals surface area contributed by atoms with Crippen LogP contribution in [0.2, 0.25) is 5.02 Å². The number of rotatable bonds is 7. The summed E-state index contributed by atoms with van der Waals surface area (Å²) in [5, 5.41) is 17.8. The third kappa shape index (κ3) is 6.88. The number of aromatic nitrogens is 1. The lowest BCUT2D eigenvalue weighted by atomic mass is 10.0. The van der Waals surface area contributed by atoms with Crippen molar-refractivity contribution < 1.29 is 42.4 Å². The first-order valence-electron chi connectivity index (χ1n) is 11.5. The van der Waals surface area contributed by atoms with Gasteiger partial charge in [0.2, 0.25) is 0 Å². The Bertz CT molecular complexity index is 1300. The average molecular weight is 542 g/mol. The fourth-order valence-corrected chi connectivity index (χ4v) is 4.69. The van der Waals surface area contributed by atoms with Gasteiger partial charge in [0.1, 0.15) is 18.1 Å². The van der Waals surface area contributed by atoms with Crippen LogP contribution in [0.1, 0.15) is 56.4 Å². The van der Waals surface area contributed by atoms with Gasteiger partial charge in [-0.25, -0.2) is 0 Å². The molecule has 0 amide bonds. The van der Waals surface area contributed by atoms with Crippen molar-refractivity contribution in [3.05, 3.63) is 58.2 Å². The van der Waals surface area contributed by atoms with Gasteiger partial charge in [-0.1, -0.05) is 17.7 Å². The summed E-state index contributed by atoms with van der Waals surface area (Å²) in [4.78, 5) is 20.2. The second-order valence-electron chi connectivity index (χ2n) is 8.92. The fraction of sp³-hybridized carbons (Fsp3) is 0.385. The van der Waals surface area contributed by atoms with Crippen LogP contribution >= 0.6 is 11.6 Å². The number of aliphatic carboxylic acids is 2. The summed E-state index contributed by atoms with van der Waals surface area (Å²) in [6.45, 7) is 5.03. The van der Waals surface area contributed by atoms with Gasteiger partial charge in [0, 0.05) is 30.5 Å². The van der Waals surface area contributed by atoms with E-state index in [-0.39, 0.29) is 30.8 Å². The predicted octanol–water partition coefficient (Wildman–Crippen LogP) is 6.73. The molecule has 7 nitrogen and oxygen atoms in total. The zero-order valence-corrected chi connectivity index (χ0v) is 21.2. The van der Waals surface area contributed by atoms with Crippen LogP contribution in [0, 0.1) is 0 Å². The number of aryl methyl sites for hydroxylation is 1. The Balaban J connectivity index is 0.000000886. The Labute approximate surface area is 216 Å². The number of halogens is 4. The lowest BCUT2D eigenvalue weighted by Crippen LogP contribution is -2.13. The fourth-order valence-electron chi connectivity index (χ4n) is 4.29. The van der Waals surface area contributed by atoms with Crippen molar-refractivity contribution in [2.24, 2.45) is 0 Å². The van der Waals surface area contributed by atoms with E-state index in [4.69, 9.17) is 36.1 Å². The molecule has 11 heteroatoms. The normalized spacial score (nSPS) is 14.8. The quantitative estimate of drug-likeness (QED) is 0.344. The largest absolute Gasteiger partial charge is 0.490 e. The van der Waals surface area contributed by atoms with Crippen LogP contribution in [0.15, 0.2) is 36.4 Å². The molecule has 2 aromatic carbocycles. The van der Waals surface area contributed by atoms with Gasteiger partial charge in [0.25, 0.3) is 5.97 Å². The van der Waals surface area contributed by atoms with Crippen molar-refractivity contribution in [3.63, 3.8) is 0 Å².